The van der Waals surface area contributed by atoms with Gasteiger partial charge in [0.1, 0.15) is 0 Å². The van der Waals surface area contributed by atoms with E-state index in [2.05, 4.69) is 12.1 Å². The van der Waals surface area contributed by atoms with Crippen LogP contribution in [0.15, 0.2) is 35.9 Å². The maximum atomic E-state index is 9.16. The van der Waals surface area contributed by atoms with Gasteiger partial charge in [0, 0.05) is 0 Å². The largest absolute Gasteiger partial charge is 0.196 e. The second kappa shape index (κ2) is 4.64. The van der Waals surface area contributed by atoms with Crippen molar-refractivity contribution in [2.45, 2.75) is 20.8 Å². The van der Waals surface area contributed by atoms with Gasteiger partial charge in [-0.1, -0.05) is 35.9 Å². The molecule has 0 saturated carbocycles. The monoisotopic (exact) mass is 210 g/mol. The Kier molecular flexibility index (Phi) is 3.48. The lowest BCUT2D eigenvalue weighted by molar-refractivity contribution is 0.771. The van der Waals surface area contributed by atoms with Crippen molar-refractivity contribution in [3.05, 3.63) is 41.5 Å². The van der Waals surface area contributed by atoms with Crippen molar-refractivity contribution in [3.63, 3.8) is 0 Å². The van der Waals surface area contributed by atoms with E-state index in [1.165, 1.54) is 0 Å². The molecule has 2 heteroatoms. The van der Waals surface area contributed by atoms with E-state index in [0.717, 1.165) is 16.7 Å². The molecule has 0 amide bonds. The van der Waals surface area contributed by atoms with Crippen LogP contribution in [0.25, 0.3) is 5.57 Å². The van der Waals surface area contributed by atoms with E-state index < -0.39 is 5.41 Å². The molecule has 0 unspecified atom stereocenters. The Morgan fingerprint density at radius 3 is 1.94 bits per heavy atom. The third-order valence-corrected chi connectivity index (χ3v) is 2.51. The lowest BCUT2D eigenvalue weighted by Gasteiger charge is -2.19. The van der Waals surface area contributed by atoms with Crippen molar-refractivity contribution in [1.29, 1.82) is 10.5 Å². The van der Waals surface area contributed by atoms with Gasteiger partial charge in [-0.2, -0.15) is 10.5 Å². The zero-order chi connectivity index (χ0) is 12.2. The molecule has 2 nitrogen and oxygen atoms in total. The van der Waals surface area contributed by atoms with Crippen LogP contribution < -0.4 is 0 Å². The Morgan fingerprint density at radius 1 is 1.06 bits per heavy atom. The van der Waals surface area contributed by atoms with E-state index in [4.69, 9.17) is 10.5 Å². The molecule has 0 aliphatic heterocycles. The average molecular weight is 210 g/mol. The van der Waals surface area contributed by atoms with Gasteiger partial charge < -0.3 is 0 Å². The molecule has 1 aromatic carbocycles. The van der Waals surface area contributed by atoms with Crippen LogP contribution in [0.3, 0.4) is 0 Å². The standard InChI is InChI=1S/C14H14N2/c1-11(2)13(14(3,9-15)10-16)12-7-5-4-6-8-12/h4-8H,1-3H3. The molecule has 0 aliphatic rings. The van der Waals surface area contributed by atoms with E-state index >= 15 is 0 Å². The topological polar surface area (TPSA) is 47.6 Å². The zero-order valence-corrected chi connectivity index (χ0v) is 9.78. The Balaban J connectivity index is 3.43. The SMILES string of the molecule is CC(C)=C(c1ccccc1)C(C)(C#N)C#N. The minimum Gasteiger partial charge on any atom is -0.196 e. The van der Waals surface area contributed by atoms with E-state index in [9.17, 15) is 0 Å². The first-order chi connectivity index (χ1) is 7.55. The Bertz CT molecular complexity index is 466. The van der Waals surface area contributed by atoms with Gasteiger partial charge >= 0.3 is 0 Å². The summed E-state index contributed by atoms with van der Waals surface area (Å²) in [6.07, 6.45) is 0. The number of nitrogens with zero attached hydrogens (tertiary/aromatic N) is 2. The highest BCUT2D eigenvalue weighted by atomic mass is 14.4. The Hall–Kier alpha value is -2.06. The molecule has 1 aromatic rings. The predicted molar refractivity (Wildman–Crippen MR) is 64.0 cm³/mol. The van der Waals surface area contributed by atoms with Crippen LogP contribution in [0.2, 0.25) is 0 Å². The van der Waals surface area contributed by atoms with Crippen LogP contribution in [0.1, 0.15) is 26.3 Å². The summed E-state index contributed by atoms with van der Waals surface area (Å²) in [5.74, 6) is 0. The molecule has 0 aromatic heterocycles. The van der Waals surface area contributed by atoms with E-state index in [-0.39, 0.29) is 0 Å². The van der Waals surface area contributed by atoms with Crippen molar-refractivity contribution in [3.8, 4) is 12.1 Å². The highest BCUT2D eigenvalue weighted by molar-refractivity contribution is 5.77. The van der Waals surface area contributed by atoms with E-state index in [1.807, 2.05) is 44.2 Å². The maximum Gasteiger partial charge on any atom is 0.166 e. The molecule has 16 heavy (non-hydrogen) atoms. The first-order valence-corrected chi connectivity index (χ1v) is 5.11. The molecule has 0 aliphatic carbocycles. The van der Waals surface area contributed by atoms with Gasteiger partial charge in [0.25, 0.3) is 0 Å². The number of allylic oxidation sites excluding steroid dienone is 2. The molecule has 0 saturated heterocycles. The molecule has 0 fully saturated rings. The lowest BCUT2D eigenvalue weighted by Crippen LogP contribution is -2.14. The van der Waals surface area contributed by atoms with Crippen molar-refractivity contribution < 1.29 is 0 Å². The predicted octanol–water partition coefficient (Wildman–Crippen LogP) is 3.53. The summed E-state index contributed by atoms with van der Waals surface area (Å²) >= 11 is 0. The third kappa shape index (κ3) is 2.12. The average Bonchev–Trinajstić information content (AvgIpc) is 2.30. The number of rotatable bonds is 2. The Labute approximate surface area is 96.4 Å². The molecular weight excluding hydrogens is 196 g/mol. The number of benzene rings is 1. The normalized spacial score (nSPS) is 10.1. The van der Waals surface area contributed by atoms with Crippen molar-refractivity contribution in [2.24, 2.45) is 5.41 Å². The smallest absolute Gasteiger partial charge is 0.166 e. The molecule has 80 valence electrons. The molecule has 0 N–H and O–H groups in total. The Morgan fingerprint density at radius 2 is 1.56 bits per heavy atom. The lowest BCUT2D eigenvalue weighted by atomic mass is 9.79. The van der Waals surface area contributed by atoms with E-state index in [1.54, 1.807) is 6.92 Å². The minimum atomic E-state index is -1.08. The van der Waals surface area contributed by atoms with Gasteiger partial charge in [0.2, 0.25) is 0 Å². The molecule has 0 atom stereocenters. The van der Waals surface area contributed by atoms with Gasteiger partial charge in [-0.05, 0) is 31.9 Å². The highest BCUT2D eigenvalue weighted by Crippen LogP contribution is 2.36. The first kappa shape index (κ1) is 12.0. The zero-order valence-electron chi connectivity index (χ0n) is 9.78. The van der Waals surface area contributed by atoms with Crippen molar-refractivity contribution in [2.75, 3.05) is 0 Å². The number of hydrogen-bond acceptors (Lipinski definition) is 2. The molecule has 1 rings (SSSR count). The summed E-state index contributed by atoms with van der Waals surface area (Å²) in [6.45, 7) is 5.51. The van der Waals surface area contributed by atoms with Gasteiger partial charge in [0.15, 0.2) is 5.41 Å². The quantitative estimate of drug-likeness (QED) is 0.749. The third-order valence-electron chi connectivity index (χ3n) is 2.51. The van der Waals surface area contributed by atoms with E-state index in [0.29, 0.717) is 0 Å². The number of hydrogen-bond donors (Lipinski definition) is 0. The number of nitriles is 2. The summed E-state index contributed by atoms with van der Waals surface area (Å²) in [6, 6.07) is 13.8. The maximum absolute atomic E-state index is 9.16. The van der Waals surface area contributed by atoms with Crippen LogP contribution in [0, 0.1) is 28.1 Å². The van der Waals surface area contributed by atoms with Crippen molar-refractivity contribution >= 4 is 5.57 Å². The van der Waals surface area contributed by atoms with Crippen LogP contribution in [0.5, 0.6) is 0 Å². The fraction of sp³-hybridized carbons (Fsp3) is 0.286. The van der Waals surface area contributed by atoms with Gasteiger partial charge in [-0.3, -0.25) is 0 Å². The summed E-state index contributed by atoms with van der Waals surface area (Å²) in [5.41, 5.74) is 1.66. The molecule has 0 spiro atoms. The fourth-order valence-corrected chi connectivity index (χ4v) is 1.82. The summed E-state index contributed by atoms with van der Waals surface area (Å²) in [5, 5.41) is 18.3. The van der Waals surface area contributed by atoms with Gasteiger partial charge in [-0.15, -0.1) is 0 Å². The summed E-state index contributed by atoms with van der Waals surface area (Å²) in [7, 11) is 0. The molecule has 0 bridgehead atoms. The van der Waals surface area contributed by atoms with Crippen molar-refractivity contribution in [1.82, 2.24) is 0 Å². The highest BCUT2D eigenvalue weighted by Gasteiger charge is 2.30. The van der Waals surface area contributed by atoms with Crippen LogP contribution >= 0.6 is 0 Å². The molecular formula is C14H14N2. The van der Waals surface area contributed by atoms with Crippen LogP contribution in [-0.2, 0) is 0 Å². The summed E-state index contributed by atoms with van der Waals surface area (Å²) in [4.78, 5) is 0. The fourth-order valence-electron chi connectivity index (χ4n) is 1.82. The van der Waals surface area contributed by atoms with Crippen LogP contribution in [-0.4, -0.2) is 0 Å². The summed E-state index contributed by atoms with van der Waals surface area (Å²) < 4.78 is 0. The second-order valence-electron chi connectivity index (χ2n) is 4.09. The first-order valence-electron chi connectivity index (χ1n) is 5.11. The van der Waals surface area contributed by atoms with Gasteiger partial charge in [-0.25, -0.2) is 0 Å². The van der Waals surface area contributed by atoms with Crippen LogP contribution in [0.4, 0.5) is 0 Å². The van der Waals surface area contributed by atoms with Gasteiger partial charge in [0.05, 0.1) is 12.1 Å². The minimum absolute atomic E-state index is 0.804. The molecule has 0 radical (unpaired) electrons. The second-order valence-corrected chi connectivity index (χ2v) is 4.09. The molecule has 0 heterocycles.